The van der Waals surface area contributed by atoms with Gasteiger partial charge < -0.3 is 0 Å². The highest BCUT2D eigenvalue weighted by molar-refractivity contribution is 14.1. The molecular weight excluding hydrogens is 322 g/mol. The van der Waals surface area contributed by atoms with Crippen LogP contribution in [0.3, 0.4) is 0 Å². The Morgan fingerprint density at radius 3 is 2.73 bits per heavy atom. The Kier molecular flexibility index (Phi) is 3.83. The van der Waals surface area contributed by atoms with E-state index in [2.05, 4.69) is 39.5 Å². The minimum atomic E-state index is 0.629. The van der Waals surface area contributed by atoms with Gasteiger partial charge in [-0.25, -0.2) is 9.97 Å². The van der Waals surface area contributed by atoms with Crippen molar-refractivity contribution in [2.24, 2.45) is 5.92 Å². The van der Waals surface area contributed by atoms with Gasteiger partial charge in [0.2, 0.25) is 0 Å². The maximum atomic E-state index is 6.10. The van der Waals surface area contributed by atoms with E-state index in [1.165, 1.54) is 12.8 Å². The first-order valence-corrected chi connectivity index (χ1v) is 6.87. The smallest absolute Gasteiger partial charge is 0.146 e. The minimum absolute atomic E-state index is 0.629. The second-order valence-corrected chi connectivity index (χ2v) is 5.53. The van der Waals surface area contributed by atoms with Crippen LogP contribution in [-0.4, -0.2) is 9.97 Å². The predicted molar refractivity (Wildman–Crippen MR) is 70.2 cm³/mol. The molecule has 82 valence electrons. The summed E-state index contributed by atoms with van der Waals surface area (Å²) in [7, 11) is 0. The second-order valence-electron chi connectivity index (χ2n) is 4.09. The van der Waals surface area contributed by atoms with Crippen LogP contribution in [0.2, 0.25) is 5.15 Å². The van der Waals surface area contributed by atoms with Gasteiger partial charge in [0.15, 0.2) is 0 Å². The van der Waals surface area contributed by atoms with Gasteiger partial charge in [0.25, 0.3) is 0 Å². The summed E-state index contributed by atoms with van der Waals surface area (Å²) in [5.74, 6) is 1.75. The van der Waals surface area contributed by atoms with Gasteiger partial charge in [-0.15, -0.1) is 0 Å². The van der Waals surface area contributed by atoms with E-state index in [0.717, 1.165) is 40.3 Å². The van der Waals surface area contributed by atoms with Crippen LogP contribution >= 0.6 is 34.2 Å². The van der Waals surface area contributed by atoms with E-state index in [0.29, 0.717) is 5.15 Å². The molecule has 0 aliphatic heterocycles. The lowest BCUT2D eigenvalue weighted by atomic mass is 10.2. The third kappa shape index (κ3) is 3.03. The van der Waals surface area contributed by atoms with Crippen molar-refractivity contribution in [3.63, 3.8) is 0 Å². The molecule has 0 unspecified atom stereocenters. The van der Waals surface area contributed by atoms with Crippen molar-refractivity contribution in [1.29, 1.82) is 0 Å². The number of halogens is 2. The van der Waals surface area contributed by atoms with Crippen LogP contribution in [0, 0.1) is 9.49 Å². The number of aromatic nitrogens is 2. The molecule has 0 saturated heterocycles. The molecule has 1 saturated carbocycles. The number of nitrogens with zero attached hydrogens (tertiary/aromatic N) is 2. The third-order valence-electron chi connectivity index (χ3n) is 2.58. The SMILES string of the molecule is CCCc1nc(CC2CC2)nc(Cl)c1I. The first kappa shape index (κ1) is 11.6. The molecule has 0 atom stereocenters. The van der Waals surface area contributed by atoms with E-state index in [1.807, 2.05) is 0 Å². The van der Waals surface area contributed by atoms with Crippen molar-refractivity contribution in [3.05, 3.63) is 20.2 Å². The molecule has 0 amide bonds. The fraction of sp³-hybridized carbons (Fsp3) is 0.636. The quantitative estimate of drug-likeness (QED) is 0.620. The number of rotatable bonds is 4. The van der Waals surface area contributed by atoms with E-state index in [-0.39, 0.29) is 0 Å². The monoisotopic (exact) mass is 336 g/mol. The summed E-state index contributed by atoms with van der Waals surface area (Å²) in [6.45, 7) is 2.16. The molecule has 2 rings (SSSR count). The van der Waals surface area contributed by atoms with Crippen molar-refractivity contribution < 1.29 is 0 Å². The lowest BCUT2D eigenvalue weighted by molar-refractivity contribution is 0.745. The van der Waals surface area contributed by atoms with Crippen molar-refractivity contribution in [2.45, 2.75) is 39.0 Å². The van der Waals surface area contributed by atoms with Gasteiger partial charge in [-0.1, -0.05) is 24.9 Å². The predicted octanol–water partition coefficient (Wildman–Crippen LogP) is 3.64. The Hall–Kier alpha value is 0.100. The molecule has 0 spiro atoms. The van der Waals surface area contributed by atoms with E-state index in [1.54, 1.807) is 0 Å². The maximum Gasteiger partial charge on any atom is 0.146 e. The zero-order chi connectivity index (χ0) is 10.8. The van der Waals surface area contributed by atoms with Gasteiger partial charge in [-0.3, -0.25) is 0 Å². The van der Waals surface area contributed by atoms with Gasteiger partial charge in [-0.05, 0) is 47.8 Å². The molecule has 1 aliphatic rings. The highest BCUT2D eigenvalue weighted by atomic mass is 127. The summed E-state index contributed by atoms with van der Waals surface area (Å²) in [5, 5.41) is 0.629. The normalized spacial score (nSPS) is 15.7. The van der Waals surface area contributed by atoms with Gasteiger partial charge in [0.05, 0.1) is 9.26 Å². The van der Waals surface area contributed by atoms with E-state index < -0.39 is 0 Å². The summed E-state index contributed by atoms with van der Waals surface area (Å²) in [5.41, 5.74) is 1.12. The Balaban J connectivity index is 2.23. The molecule has 0 N–H and O–H groups in total. The van der Waals surface area contributed by atoms with Crippen LogP contribution in [0.5, 0.6) is 0 Å². The maximum absolute atomic E-state index is 6.10. The lowest BCUT2D eigenvalue weighted by Gasteiger charge is -2.06. The van der Waals surface area contributed by atoms with Crippen LogP contribution in [0.25, 0.3) is 0 Å². The number of aryl methyl sites for hydroxylation is 1. The second kappa shape index (κ2) is 4.95. The van der Waals surface area contributed by atoms with E-state index >= 15 is 0 Å². The number of hydrogen-bond acceptors (Lipinski definition) is 2. The van der Waals surface area contributed by atoms with Crippen LogP contribution < -0.4 is 0 Å². The first-order chi connectivity index (χ1) is 7.20. The largest absolute Gasteiger partial charge is 0.237 e. The molecule has 1 heterocycles. The fourth-order valence-electron chi connectivity index (χ4n) is 1.59. The highest BCUT2D eigenvalue weighted by Gasteiger charge is 2.23. The molecule has 1 aromatic heterocycles. The van der Waals surface area contributed by atoms with E-state index in [9.17, 15) is 0 Å². The Labute approximate surface area is 109 Å². The van der Waals surface area contributed by atoms with Crippen LogP contribution in [0.4, 0.5) is 0 Å². The third-order valence-corrected chi connectivity index (χ3v) is 4.31. The Morgan fingerprint density at radius 1 is 1.40 bits per heavy atom. The Bertz CT molecular complexity index is 364. The molecule has 1 aromatic rings. The number of hydrogen-bond donors (Lipinski definition) is 0. The average molecular weight is 337 g/mol. The zero-order valence-electron chi connectivity index (χ0n) is 8.76. The van der Waals surface area contributed by atoms with Crippen molar-refractivity contribution in [2.75, 3.05) is 0 Å². The van der Waals surface area contributed by atoms with Crippen molar-refractivity contribution >= 4 is 34.2 Å². The molecule has 0 bridgehead atoms. The van der Waals surface area contributed by atoms with Crippen molar-refractivity contribution in [1.82, 2.24) is 9.97 Å². The van der Waals surface area contributed by atoms with Crippen molar-refractivity contribution in [3.8, 4) is 0 Å². The lowest BCUT2D eigenvalue weighted by Crippen LogP contribution is -2.04. The molecular formula is C11H14ClIN2. The van der Waals surface area contributed by atoms with Crippen LogP contribution in [-0.2, 0) is 12.8 Å². The van der Waals surface area contributed by atoms with Gasteiger partial charge in [0.1, 0.15) is 11.0 Å². The fourth-order valence-corrected chi connectivity index (χ4v) is 2.30. The summed E-state index contributed by atoms with van der Waals surface area (Å²) < 4.78 is 1.02. The first-order valence-electron chi connectivity index (χ1n) is 5.41. The Morgan fingerprint density at radius 2 is 2.13 bits per heavy atom. The topological polar surface area (TPSA) is 25.8 Å². The molecule has 15 heavy (non-hydrogen) atoms. The van der Waals surface area contributed by atoms with Gasteiger partial charge in [0, 0.05) is 6.42 Å². The highest BCUT2D eigenvalue weighted by Crippen LogP contribution is 2.32. The van der Waals surface area contributed by atoms with Gasteiger partial charge >= 0.3 is 0 Å². The summed E-state index contributed by atoms with van der Waals surface area (Å²) in [6.07, 6.45) is 5.77. The minimum Gasteiger partial charge on any atom is -0.237 e. The van der Waals surface area contributed by atoms with Crippen LogP contribution in [0.15, 0.2) is 0 Å². The standard InChI is InChI=1S/C11H14ClIN2/c1-2-3-8-10(13)11(12)15-9(14-8)6-7-4-5-7/h7H,2-6H2,1H3. The molecule has 1 fully saturated rings. The van der Waals surface area contributed by atoms with Gasteiger partial charge in [-0.2, -0.15) is 0 Å². The average Bonchev–Trinajstić information content (AvgIpc) is 2.98. The molecule has 0 aromatic carbocycles. The zero-order valence-corrected chi connectivity index (χ0v) is 11.7. The summed E-state index contributed by atoms with van der Waals surface area (Å²) in [4.78, 5) is 8.94. The summed E-state index contributed by atoms with van der Waals surface area (Å²) >= 11 is 8.34. The molecule has 1 aliphatic carbocycles. The molecule has 0 radical (unpaired) electrons. The molecule has 4 heteroatoms. The van der Waals surface area contributed by atoms with E-state index in [4.69, 9.17) is 11.6 Å². The molecule has 2 nitrogen and oxygen atoms in total. The summed E-state index contributed by atoms with van der Waals surface area (Å²) in [6, 6.07) is 0. The van der Waals surface area contributed by atoms with Crippen LogP contribution in [0.1, 0.15) is 37.7 Å².